The van der Waals surface area contributed by atoms with Gasteiger partial charge in [-0.2, -0.15) is 0 Å². The lowest BCUT2D eigenvalue weighted by atomic mass is 9.89. The minimum atomic E-state index is -0.773. The van der Waals surface area contributed by atoms with Crippen LogP contribution in [0.5, 0.6) is 5.75 Å². The molecule has 0 heterocycles. The van der Waals surface area contributed by atoms with Gasteiger partial charge in [-0.05, 0) is 43.0 Å². The highest BCUT2D eigenvalue weighted by atomic mass is 16.5. The van der Waals surface area contributed by atoms with E-state index in [-0.39, 0.29) is 17.6 Å². The summed E-state index contributed by atoms with van der Waals surface area (Å²) in [7, 11) is 1.58. The third-order valence-corrected chi connectivity index (χ3v) is 3.84. The normalized spacial score (nSPS) is 22.2. The zero-order valence-electron chi connectivity index (χ0n) is 11.0. The monoisotopic (exact) mass is 262 g/mol. The van der Waals surface area contributed by atoms with E-state index in [2.05, 4.69) is 0 Å². The van der Waals surface area contributed by atoms with Crippen LogP contribution in [0, 0.1) is 11.8 Å². The molecule has 0 radical (unpaired) electrons. The molecule has 1 aromatic rings. The maximum absolute atomic E-state index is 12.1. The summed E-state index contributed by atoms with van der Waals surface area (Å²) >= 11 is 0. The highest BCUT2D eigenvalue weighted by Gasteiger charge is 2.34. The molecule has 1 aromatic carbocycles. The molecule has 0 aromatic heterocycles. The summed E-state index contributed by atoms with van der Waals surface area (Å²) in [5.74, 6) is -0.430. The van der Waals surface area contributed by atoms with Crippen LogP contribution in [0.1, 0.15) is 36.0 Å². The molecule has 4 nitrogen and oxygen atoms in total. The minimum absolute atomic E-state index is 0.0146. The van der Waals surface area contributed by atoms with Crippen LogP contribution in [0.4, 0.5) is 0 Å². The lowest BCUT2D eigenvalue weighted by molar-refractivity contribution is -0.142. The summed E-state index contributed by atoms with van der Waals surface area (Å²) in [5.41, 5.74) is 0.622. The van der Waals surface area contributed by atoms with Gasteiger partial charge in [-0.1, -0.05) is 6.42 Å². The lowest BCUT2D eigenvalue weighted by Gasteiger charge is -2.14. The van der Waals surface area contributed by atoms with Crippen molar-refractivity contribution in [3.05, 3.63) is 29.8 Å². The van der Waals surface area contributed by atoms with Gasteiger partial charge >= 0.3 is 5.97 Å². The second-order valence-electron chi connectivity index (χ2n) is 4.99. The molecule has 19 heavy (non-hydrogen) atoms. The van der Waals surface area contributed by atoms with E-state index in [9.17, 15) is 9.59 Å². The minimum Gasteiger partial charge on any atom is -0.497 e. The van der Waals surface area contributed by atoms with E-state index >= 15 is 0 Å². The molecule has 1 N–H and O–H groups in total. The average molecular weight is 262 g/mol. The summed E-state index contributed by atoms with van der Waals surface area (Å²) in [6.07, 6.45) is 2.75. The summed E-state index contributed by atoms with van der Waals surface area (Å²) < 4.78 is 5.04. The van der Waals surface area contributed by atoms with Crippen molar-refractivity contribution < 1.29 is 19.4 Å². The smallest absolute Gasteiger partial charge is 0.306 e. The van der Waals surface area contributed by atoms with E-state index in [0.29, 0.717) is 24.2 Å². The van der Waals surface area contributed by atoms with E-state index < -0.39 is 5.97 Å². The number of Topliss-reactive ketones (excluding diaryl/α,β-unsaturated/α-hetero) is 1. The van der Waals surface area contributed by atoms with Gasteiger partial charge in [-0.15, -0.1) is 0 Å². The number of aliphatic carboxylic acids is 1. The first-order valence-corrected chi connectivity index (χ1v) is 6.52. The number of carboxylic acids is 1. The van der Waals surface area contributed by atoms with E-state index in [4.69, 9.17) is 9.84 Å². The molecule has 0 saturated heterocycles. The van der Waals surface area contributed by atoms with Gasteiger partial charge in [0.1, 0.15) is 5.75 Å². The fourth-order valence-electron chi connectivity index (χ4n) is 2.74. The molecule has 1 saturated carbocycles. The SMILES string of the molecule is COc1ccc(C(=O)C[C@H]2CCC[C@@H]2C(=O)O)cc1. The number of hydrogen-bond acceptors (Lipinski definition) is 3. The summed E-state index contributed by atoms with van der Waals surface area (Å²) in [4.78, 5) is 23.2. The lowest BCUT2D eigenvalue weighted by Crippen LogP contribution is -2.20. The van der Waals surface area contributed by atoms with Crippen molar-refractivity contribution in [2.24, 2.45) is 11.8 Å². The first-order chi connectivity index (χ1) is 9.11. The Kier molecular flexibility index (Phi) is 4.20. The highest BCUT2D eigenvalue weighted by molar-refractivity contribution is 5.96. The van der Waals surface area contributed by atoms with Crippen LogP contribution in [-0.4, -0.2) is 24.0 Å². The number of rotatable bonds is 5. The van der Waals surface area contributed by atoms with Gasteiger partial charge in [0.2, 0.25) is 0 Å². The average Bonchev–Trinajstić information content (AvgIpc) is 2.87. The second kappa shape index (κ2) is 5.87. The van der Waals surface area contributed by atoms with Gasteiger partial charge < -0.3 is 9.84 Å². The first-order valence-electron chi connectivity index (χ1n) is 6.52. The van der Waals surface area contributed by atoms with Crippen molar-refractivity contribution in [2.75, 3.05) is 7.11 Å². The van der Waals surface area contributed by atoms with Gasteiger partial charge in [-0.25, -0.2) is 0 Å². The topological polar surface area (TPSA) is 63.6 Å². The fourth-order valence-corrected chi connectivity index (χ4v) is 2.74. The first kappa shape index (κ1) is 13.6. The van der Waals surface area contributed by atoms with Crippen LogP contribution in [-0.2, 0) is 4.79 Å². The quantitative estimate of drug-likeness (QED) is 0.829. The van der Waals surface area contributed by atoms with E-state index in [1.54, 1.807) is 31.4 Å². The van der Waals surface area contributed by atoms with Gasteiger partial charge in [-0.3, -0.25) is 9.59 Å². The molecule has 102 valence electrons. The van der Waals surface area contributed by atoms with Crippen LogP contribution < -0.4 is 4.74 Å². The summed E-state index contributed by atoms with van der Waals surface area (Å²) in [6.45, 7) is 0. The maximum atomic E-state index is 12.1. The Morgan fingerprint density at radius 1 is 1.26 bits per heavy atom. The number of carboxylic acid groups (broad SMARTS) is 1. The van der Waals surface area contributed by atoms with Crippen LogP contribution in [0.25, 0.3) is 0 Å². The van der Waals surface area contributed by atoms with Crippen molar-refractivity contribution >= 4 is 11.8 Å². The molecule has 1 aliphatic carbocycles. The van der Waals surface area contributed by atoms with Crippen molar-refractivity contribution in [2.45, 2.75) is 25.7 Å². The molecular weight excluding hydrogens is 244 g/mol. The number of carbonyl (C=O) groups excluding carboxylic acids is 1. The predicted molar refractivity (Wildman–Crippen MR) is 70.4 cm³/mol. The van der Waals surface area contributed by atoms with Crippen molar-refractivity contribution in [3.8, 4) is 5.75 Å². The van der Waals surface area contributed by atoms with Crippen molar-refractivity contribution in [3.63, 3.8) is 0 Å². The Morgan fingerprint density at radius 2 is 1.95 bits per heavy atom. The van der Waals surface area contributed by atoms with Crippen LogP contribution >= 0.6 is 0 Å². The molecule has 0 amide bonds. The maximum Gasteiger partial charge on any atom is 0.306 e. The second-order valence-corrected chi connectivity index (χ2v) is 4.99. The Hall–Kier alpha value is -1.84. The molecule has 0 aliphatic heterocycles. The Labute approximate surface area is 112 Å². The Morgan fingerprint density at radius 3 is 2.53 bits per heavy atom. The molecule has 2 rings (SSSR count). The van der Waals surface area contributed by atoms with Crippen LogP contribution in [0.2, 0.25) is 0 Å². The van der Waals surface area contributed by atoms with Crippen molar-refractivity contribution in [1.29, 1.82) is 0 Å². The number of ketones is 1. The third-order valence-electron chi connectivity index (χ3n) is 3.84. The van der Waals surface area contributed by atoms with Gasteiger partial charge in [0.25, 0.3) is 0 Å². The number of ether oxygens (including phenoxy) is 1. The molecule has 2 atom stereocenters. The standard InChI is InChI=1S/C15H18O4/c1-19-12-7-5-10(6-8-12)14(16)9-11-3-2-4-13(11)15(17)18/h5-8,11,13H,2-4,9H2,1H3,(H,17,18)/t11-,13+/m1/s1. The fraction of sp³-hybridized carbons (Fsp3) is 0.467. The highest BCUT2D eigenvalue weighted by Crippen LogP contribution is 2.35. The number of hydrogen-bond donors (Lipinski definition) is 1. The number of benzene rings is 1. The zero-order valence-corrected chi connectivity index (χ0v) is 11.0. The van der Waals surface area contributed by atoms with E-state index in [1.807, 2.05) is 0 Å². The largest absolute Gasteiger partial charge is 0.497 e. The Balaban J connectivity index is 2.01. The van der Waals surface area contributed by atoms with Gasteiger partial charge in [0.05, 0.1) is 13.0 Å². The Bertz CT molecular complexity index is 464. The van der Waals surface area contributed by atoms with E-state index in [0.717, 1.165) is 12.8 Å². The number of methoxy groups -OCH3 is 1. The molecule has 0 spiro atoms. The third kappa shape index (κ3) is 3.13. The number of carbonyl (C=O) groups is 2. The van der Waals surface area contributed by atoms with Crippen molar-refractivity contribution in [1.82, 2.24) is 0 Å². The van der Waals surface area contributed by atoms with Gasteiger partial charge in [0, 0.05) is 12.0 Å². The zero-order chi connectivity index (χ0) is 13.8. The molecule has 1 fully saturated rings. The molecule has 0 bridgehead atoms. The molecular formula is C15H18O4. The summed E-state index contributed by atoms with van der Waals surface area (Å²) in [6, 6.07) is 6.95. The molecule has 0 unspecified atom stereocenters. The van der Waals surface area contributed by atoms with E-state index in [1.165, 1.54) is 0 Å². The molecule has 1 aliphatic rings. The van der Waals surface area contributed by atoms with Gasteiger partial charge in [0.15, 0.2) is 5.78 Å². The predicted octanol–water partition coefficient (Wildman–Crippen LogP) is 2.77. The summed E-state index contributed by atoms with van der Waals surface area (Å²) in [5, 5.41) is 9.11. The molecule has 4 heteroatoms. The van der Waals surface area contributed by atoms with Crippen LogP contribution in [0.15, 0.2) is 24.3 Å². The van der Waals surface area contributed by atoms with Crippen LogP contribution in [0.3, 0.4) is 0 Å².